The van der Waals surface area contributed by atoms with Crippen LogP contribution in [-0.4, -0.2) is 43.2 Å². The molecule has 2 unspecified atom stereocenters. The third-order valence-electron chi connectivity index (χ3n) is 4.98. The summed E-state index contributed by atoms with van der Waals surface area (Å²) in [6.45, 7) is 3.42. The highest BCUT2D eigenvalue weighted by atomic mass is 35.5. The van der Waals surface area contributed by atoms with Crippen LogP contribution in [0.3, 0.4) is 0 Å². The van der Waals surface area contributed by atoms with Gasteiger partial charge in [-0.15, -0.1) is 12.4 Å². The van der Waals surface area contributed by atoms with Crippen LogP contribution in [0.2, 0.25) is 0 Å². The number of amides is 1. The number of fused-ring (bicyclic) bond motifs is 2. The summed E-state index contributed by atoms with van der Waals surface area (Å²) in [5.74, 6) is 1.87. The number of nitrogens with zero attached hydrogens (tertiary/aromatic N) is 1. The zero-order valence-corrected chi connectivity index (χ0v) is 12.2. The zero-order valence-electron chi connectivity index (χ0n) is 11.4. The normalized spacial score (nSPS) is 37.8. The molecule has 1 amide bonds. The Labute approximate surface area is 121 Å². The Balaban J connectivity index is 0.00000133. The van der Waals surface area contributed by atoms with Crippen LogP contribution in [-0.2, 0) is 9.53 Å². The number of rotatable bonds is 2. The van der Waals surface area contributed by atoms with Crippen LogP contribution in [0, 0.1) is 17.8 Å². The number of carbonyl (C=O) groups excluding carboxylic acids is 1. The van der Waals surface area contributed by atoms with Gasteiger partial charge in [0.25, 0.3) is 0 Å². The Morgan fingerprint density at radius 1 is 1.21 bits per heavy atom. The van der Waals surface area contributed by atoms with E-state index in [1.54, 1.807) is 0 Å². The van der Waals surface area contributed by atoms with E-state index in [1.165, 1.54) is 12.8 Å². The molecular weight excluding hydrogens is 264 g/mol. The maximum atomic E-state index is 12.3. The third-order valence-corrected chi connectivity index (χ3v) is 4.98. The quantitative estimate of drug-likeness (QED) is 0.836. The lowest BCUT2D eigenvalue weighted by Gasteiger charge is -2.37. The van der Waals surface area contributed by atoms with Crippen LogP contribution in [0.1, 0.15) is 32.1 Å². The number of carbonyl (C=O) groups is 1. The van der Waals surface area contributed by atoms with E-state index in [2.05, 4.69) is 4.90 Å². The summed E-state index contributed by atoms with van der Waals surface area (Å²) in [5.41, 5.74) is 6.17. The van der Waals surface area contributed by atoms with Crippen molar-refractivity contribution in [3.63, 3.8) is 0 Å². The molecule has 19 heavy (non-hydrogen) atoms. The maximum Gasteiger partial charge on any atom is 0.222 e. The maximum absolute atomic E-state index is 12.3. The molecule has 5 heteroatoms. The Kier molecular flexibility index (Phi) is 5.09. The summed E-state index contributed by atoms with van der Waals surface area (Å²) < 4.78 is 5.45. The standard InChI is InChI=1S/C14H24N2O2.ClH/c15-14-11-3-4-12(14)8-16(7-11)13(17)6-10-2-1-5-18-9-10;/h10-12,14H,1-9,15H2;1H/t10?,11-,12+,14?;. The SMILES string of the molecule is Cl.NC1[C@@H]2CC[C@H]1CN(C(=O)CC1CCCOC1)C2. The van der Waals surface area contributed by atoms with Gasteiger partial charge in [-0.2, -0.15) is 0 Å². The van der Waals surface area contributed by atoms with E-state index >= 15 is 0 Å². The van der Waals surface area contributed by atoms with Crippen molar-refractivity contribution in [3.05, 3.63) is 0 Å². The smallest absolute Gasteiger partial charge is 0.222 e. The van der Waals surface area contributed by atoms with Crippen molar-refractivity contribution in [1.82, 2.24) is 4.90 Å². The molecule has 4 nitrogen and oxygen atoms in total. The Bertz CT molecular complexity index is 307. The highest BCUT2D eigenvalue weighted by Crippen LogP contribution is 2.36. The van der Waals surface area contributed by atoms with Crippen LogP contribution < -0.4 is 5.73 Å². The van der Waals surface area contributed by atoms with Gasteiger partial charge < -0.3 is 15.4 Å². The molecule has 1 saturated carbocycles. The van der Waals surface area contributed by atoms with Crippen molar-refractivity contribution in [3.8, 4) is 0 Å². The van der Waals surface area contributed by atoms with Crippen molar-refractivity contribution in [2.75, 3.05) is 26.3 Å². The first-order valence-corrected chi connectivity index (χ1v) is 7.35. The first-order chi connectivity index (χ1) is 8.74. The first-order valence-electron chi connectivity index (χ1n) is 7.35. The molecule has 2 saturated heterocycles. The number of ether oxygens (including phenoxy) is 1. The predicted octanol–water partition coefficient (Wildman–Crippen LogP) is 1.42. The number of nitrogens with two attached hydrogens (primary N) is 1. The van der Waals surface area contributed by atoms with Crippen molar-refractivity contribution >= 4 is 18.3 Å². The number of likely N-dealkylation sites (tertiary alicyclic amines) is 1. The van der Waals surface area contributed by atoms with Crippen LogP contribution in [0.5, 0.6) is 0 Å². The minimum atomic E-state index is 0. The molecule has 2 heterocycles. The number of hydrogen-bond donors (Lipinski definition) is 1. The van der Waals surface area contributed by atoms with E-state index in [4.69, 9.17) is 10.5 Å². The van der Waals surface area contributed by atoms with Gasteiger partial charge in [0.15, 0.2) is 0 Å². The number of piperidine rings is 1. The second kappa shape index (κ2) is 6.42. The number of halogens is 1. The van der Waals surface area contributed by atoms with Gasteiger partial charge in [0.05, 0.1) is 0 Å². The first kappa shape index (κ1) is 15.1. The van der Waals surface area contributed by atoms with Crippen LogP contribution in [0.25, 0.3) is 0 Å². The Morgan fingerprint density at radius 2 is 1.89 bits per heavy atom. The second-order valence-electron chi connectivity index (χ2n) is 6.26. The van der Waals surface area contributed by atoms with E-state index in [0.29, 0.717) is 36.1 Å². The summed E-state index contributed by atoms with van der Waals surface area (Å²) >= 11 is 0. The van der Waals surface area contributed by atoms with E-state index in [-0.39, 0.29) is 12.4 Å². The topological polar surface area (TPSA) is 55.6 Å². The minimum absolute atomic E-state index is 0. The predicted molar refractivity (Wildman–Crippen MR) is 76.2 cm³/mol. The summed E-state index contributed by atoms with van der Waals surface area (Å²) in [7, 11) is 0. The van der Waals surface area contributed by atoms with Crippen molar-refractivity contribution in [1.29, 1.82) is 0 Å². The van der Waals surface area contributed by atoms with Gasteiger partial charge in [0.2, 0.25) is 5.91 Å². The fraction of sp³-hybridized carbons (Fsp3) is 0.929. The van der Waals surface area contributed by atoms with Gasteiger partial charge >= 0.3 is 0 Å². The van der Waals surface area contributed by atoms with Crippen molar-refractivity contribution < 1.29 is 9.53 Å². The molecule has 0 radical (unpaired) electrons. The molecule has 3 aliphatic rings. The lowest BCUT2D eigenvalue weighted by Crippen LogP contribution is -2.51. The molecule has 110 valence electrons. The molecule has 4 atom stereocenters. The van der Waals surface area contributed by atoms with Gasteiger partial charge in [0, 0.05) is 38.8 Å². The third kappa shape index (κ3) is 3.23. The molecule has 3 rings (SSSR count). The average molecular weight is 289 g/mol. The Hall–Kier alpha value is -0.320. The highest BCUT2D eigenvalue weighted by molar-refractivity contribution is 5.85. The molecule has 0 aromatic carbocycles. The monoisotopic (exact) mass is 288 g/mol. The molecule has 2 bridgehead atoms. The van der Waals surface area contributed by atoms with E-state index in [9.17, 15) is 4.79 Å². The van der Waals surface area contributed by atoms with Gasteiger partial charge in [0.1, 0.15) is 0 Å². The average Bonchev–Trinajstić information content (AvgIpc) is 2.63. The van der Waals surface area contributed by atoms with E-state index < -0.39 is 0 Å². The molecule has 3 fully saturated rings. The van der Waals surface area contributed by atoms with Crippen molar-refractivity contribution in [2.24, 2.45) is 23.5 Å². The summed E-state index contributed by atoms with van der Waals surface area (Å²) in [6, 6.07) is 0.340. The Morgan fingerprint density at radius 3 is 2.47 bits per heavy atom. The van der Waals surface area contributed by atoms with Gasteiger partial charge in [-0.25, -0.2) is 0 Å². The minimum Gasteiger partial charge on any atom is -0.381 e. The van der Waals surface area contributed by atoms with Crippen LogP contribution in [0.4, 0.5) is 0 Å². The largest absolute Gasteiger partial charge is 0.381 e. The van der Waals surface area contributed by atoms with Gasteiger partial charge in [-0.1, -0.05) is 0 Å². The molecule has 0 spiro atoms. The van der Waals surface area contributed by atoms with Gasteiger partial charge in [-0.05, 0) is 43.4 Å². The molecular formula is C14H25ClN2O2. The summed E-state index contributed by atoms with van der Waals surface area (Å²) in [6.07, 6.45) is 5.35. The molecule has 2 aliphatic heterocycles. The van der Waals surface area contributed by atoms with Crippen molar-refractivity contribution in [2.45, 2.75) is 38.1 Å². The lowest BCUT2D eigenvalue weighted by atomic mass is 9.91. The number of hydrogen-bond acceptors (Lipinski definition) is 3. The summed E-state index contributed by atoms with van der Waals surface area (Å²) in [4.78, 5) is 14.4. The van der Waals surface area contributed by atoms with E-state index in [1.807, 2.05) is 0 Å². The summed E-state index contributed by atoms with van der Waals surface area (Å²) in [5, 5.41) is 0. The van der Waals surface area contributed by atoms with Crippen LogP contribution >= 0.6 is 12.4 Å². The van der Waals surface area contributed by atoms with E-state index in [0.717, 1.165) is 39.1 Å². The fourth-order valence-corrected chi connectivity index (χ4v) is 3.81. The molecule has 1 aliphatic carbocycles. The highest BCUT2D eigenvalue weighted by Gasteiger charge is 2.41. The lowest BCUT2D eigenvalue weighted by molar-refractivity contribution is -0.135. The fourth-order valence-electron chi connectivity index (χ4n) is 3.81. The zero-order chi connectivity index (χ0) is 12.5. The van der Waals surface area contributed by atoms with Gasteiger partial charge in [-0.3, -0.25) is 4.79 Å². The molecule has 2 N–H and O–H groups in total. The second-order valence-corrected chi connectivity index (χ2v) is 6.26. The van der Waals surface area contributed by atoms with Crippen LogP contribution in [0.15, 0.2) is 0 Å². The molecule has 0 aromatic heterocycles. The molecule has 0 aromatic rings.